The van der Waals surface area contributed by atoms with Crippen molar-refractivity contribution in [1.82, 2.24) is 15.0 Å². The van der Waals surface area contributed by atoms with Gasteiger partial charge in [0.25, 0.3) is 0 Å². The van der Waals surface area contributed by atoms with E-state index < -0.39 is 6.10 Å². The van der Waals surface area contributed by atoms with Crippen molar-refractivity contribution in [1.29, 1.82) is 0 Å². The molecule has 1 aromatic heterocycles. The van der Waals surface area contributed by atoms with Gasteiger partial charge in [-0.05, 0) is 19.8 Å². The third kappa shape index (κ3) is 2.45. The molecule has 1 aromatic rings. The van der Waals surface area contributed by atoms with Crippen molar-refractivity contribution in [2.45, 2.75) is 33.8 Å². The number of rotatable bonds is 2. The summed E-state index contributed by atoms with van der Waals surface area (Å²) >= 11 is 0. The highest BCUT2D eigenvalue weighted by Gasteiger charge is 2.15. The van der Waals surface area contributed by atoms with E-state index in [1.165, 1.54) is 0 Å². The summed E-state index contributed by atoms with van der Waals surface area (Å²) in [6, 6.07) is 0. The minimum absolute atomic E-state index is 0.126. The smallest absolute Gasteiger partial charge is 0.161 e. The molecule has 0 fully saturated rings. The van der Waals surface area contributed by atoms with Gasteiger partial charge in [-0.25, -0.2) is 15.0 Å². The van der Waals surface area contributed by atoms with Gasteiger partial charge in [0.15, 0.2) is 5.82 Å². The summed E-state index contributed by atoms with van der Waals surface area (Å²) in [7, 11) is 0. The van der Waals surface area contributed by atoms with Crippen LogP contribution in [0.25, 0.3) is 0 Å². The van der Waals surface area contributed by atoms with Crippen LogP contribution in [0.2, 0.25) is 0 Å². The van der Waals surface area contributed by atoms with Crippen LogP contribution in [0.5, 0.6) is 0 Å². The van der Waals surface area contributed by atoms with Crippen LogP contribution in [-0.2, 0) is 0 Å². The number of aryl methyl sites for hydroxylation is 2. The standard InChI is InChI=1S/C9H15N3O/c1-5(2)8(13)9-11-6(3)10-7(4)12-9/h5,8,13H,1-4H3. The Morgan fingerprint density at radius 1 is 1.00 bits per heavy atom. The van der Waals surface area contributed by atoms with E-state index in [-0.39, 0.29) is 5.92 Å². The molecule has 0 radical (unpaired) electrons. The molecule has 0 aliphatic rings. The predicted molar refractivity (Wildman–Crippen MR) is 49.1 cm³/mol. The summed E-state index contributed by atoms with van der Waals surface area (Å²) < 4.78 is 0. The fourth-order valence-electron chi connectivity index (χ4n) is 1.07. The van der Waals surface area contributed by atoms with Gasteiger partial charge in [0.05, 0.1) is 0 Å². The van der Waals surface area contributed by atoms with Gasteiger partial charge in [-0.2, -0.15) is 0 Å². The molecule has 0 aliphatic heterocycles. The van der Waals surface area contributed by atoms with Gasteiger partial charge in [-0.1, -0.05) is 13.8 Å². The maximum atomic E-state index is 9.69. The third-order valence-electron chi connectivity index (χ3n) is 1.77. The Bertz CT molecular complexity index is 279. The lowest BCUT2D eigenvalue weighted by molar-refractivity contribution is 0.117. The molecule has 1 atom stereocenters. The fourth-order valence-corrected chi connectivity index (χ4v) is 1.07. The van der Waals surface area contributed by atoms with Crippen LogP contribution in [0.3, 0.4) is 0 Å². The Morgan fingerprint density at radius 3 is 1.85 bits per heavy atom. The molecular weight excluding hydrogens is 166 g/mol. The van der Waals surface area contributed by atoms with E-state index in [1.807, 2.05) is 13.8 Å². The van der Waals surface area contributed by atoms with Gasteiger partial charge in [0.1, 0.15) is 17.8 Å². The van der Waals surface area contributed by atoms with Gasteiger partial charge in [0, 0.05) is 0 Å². The minimum atomic E-state index is -0.597. The summed E-state index contributed by atoms with van der Waals surface area (Å²) in [5, 5.41) is 9.69. The molecule has 0 aliphatic carbocycles. The summed E-state index contributed by atoms with van der Waals surface area (Å²) in [6.45, 7) is 7.45. The van der Waals surface area contributed by atoms with Crippen LogP contribution >= 0.6 is 0 Å². The van der Waals surface area contributed by atoms with E-state index in [0.29, 0.717) is 17.5 Å². The first-order valence-electron chi connectivity index (χ1n) is 4.38. The van der Waals surface area contributed by atoms with Crippen molar-refractivity contribution < 1.29 is 5.11 Å². The number of hydrogen-bond donors (Lipinski definition) is 1. The molecule has 0 saturated carbocycles. The van der Waals surface area contributed by atoms with Gasteiger partial charge < -0.3 is 5.11 Å². The Hall–Kier alpha value is -1.03. The van der Waals surface area contributed by atoms with Gasteiger partial charge >= 0.3 is 0 Å². The first-order chi connectivity index (χ1) is 6.00. The molecule has 0 bridgehead atoms. The van der Waals surface area contributed by atoms with Crippen LogP contribution in [0.15, 0.2) is 0 Å². The first-order valence-corrected chi connectivity index (χ1v) is 4.38. The van der Waals surface area contributed by atoms with Crippen molar-refractivity contribution in [3.63, 3.8) is 0 Å². The maximum Gasteiger partial charge on any atom is 0.161 e. The second-order valence-corrected chi connectivity index (χ2v) is 3.48. The molecule has 0 aromatic carbocycles. The fraction of sp³-hybridized carbons (Fsp3) is 0.667. The Balaban J connectivity index is 3.01. The summed E-state index contributed by atoms with van der Waals surface area (Å²) in [4.78, 5) is 12.2. The van der Waals surface area contributed by atoms with E-state index >= 15 is 0 Å². The van der Waals surface area contributed by atoms with Gasteiger partial charge in [0.2, 0.25) is 0 Å². The van der Waals surface area contributed by atoms with Crippen LogP contribution in [0.1, 0.15) is 37.4 Å². The van der Waals surface area contributed by atoms with Crippen molar-refractivity contribution >= 4 is 0 Å². The van der Waals surface area contributed by atoms with E-state index in [0.717, 1.165) is 0 Å². The Morgan fingerprint density at radius 2 is 1.46 bits per heavy atom. The van der Waals surface area contributed by atoms with E-state index in [9.17, 15) is 5.11 Å². The van der Waals surface area contributed by atoms with E-state index in [2.05, 4.69) is 15.0 Å². The molecule has 1 N–H and O–H groups in total. The van der Waals surface area contributed by atoms with Crippen molar-refractivity contribution in [3.8, 4) is 0 Å². The van der Waals surface area contributed by atoms with Crippen LogP contribution in [0, 0.1) is 19.8 Å². The van der Waals surface area contributed by atoms with Gasteiger partial charge in [-0.15, -0.1) is 0 Å². The third-order valence-corrected chi connectivity index (χ3v) is 1.77. The van der Waals surface area contributed by atoms with E-state index in [1.54, 1.807) is 13.8 Å². The zero-order valence-electron chi connectivity index (χ0n) is 8.44. The summed E-state index contributed by atoms with van der Waals surface area (Å²) in [5.41, 5.74) is 0. The van der Waals surface area contributed by atoms with Crippen LogP contribution in [0.4, 0.5) is 0 Å². The molecule has 13 heavy (non-hydrogen) atoms. The Kier molecular flexibility index (Phi) is 2.93. The SMILES string of the molecule is Cc1nc(C)nc(C(O)C(C)C)n1. The predicted octanol–water partition coefficient (Wildman–Crippen LogP) is 1.18. The average Bonchev–Trinajstić information content (AvgIpc) is 2.01. The molecule has 4 nitrogen and oxygen atoms in total. The summed E-state index contributed by atoms with van der Waals surface area (Å²) in [6.07, 6.45) is -0.597. The number of aliphatic hydroxyl groups excluding tert-OH is 1. The number of aromatic nitrogens is 3. The lowest BCUT2D eigenvalue weighted by Gasteiger charge is -2.12. The lowest BCUT2D eigenvalue weighted by Crippen LogP contribution is -2.12. The lowest BCUT2D eigenvalue weighted by atomic mass is 10.1. The molecule has 4 heteroatoms. The molecule has 0 spiro atoms. The van der Waals surface area contributed by atoms with Crippen LogP contribution < -0.4 is 0 Å². The Labute approximate surface area is 78.1 Å². The normalized spacial score (nSPS) is 13.4. The quantitative estimate of drug-likeness (QED) is 0.744. The topological polar surface area (TPSA) is 58.9 Å². The average molecular weight is 181 g/mol. The molecule has 1 heterocycles. The molecule has 1 rings (SSSR count). The highest BCUT2D eigenvalue weighted by atomic mass is 16.3. The molecule has 0 saturated heterocycles. The molecular formula is C9H15N3O. The second-order valence-electron chi connectivity index (χ2n) is 3.48. The first kappa shape index (κ1) is 10.1. The van der Waals surface area contributed by atoms with Crippen molar-refractivity contribution in [2.24, 2.45) is 5.92 Å². The monoisotopic (exact) mass is 181 g/mol. The zero-order valence-corrected chi connectivity index (χ0v) is 8.44. The largest absolute Gasteiger partial charge is 0.385 e. The van der Waals surface area contributed by atoms with Crippen molar-refractivity contribution in [2.75, 3.05) is 0 Å². The maximum absolute atomic E-state index is 9.69. The number of hydrogen-bond acceptors (Lipinski definition) is 4. The zero-order chi connectivity index (χ0) is 10.0. The summed E-state index contributed by atoms with van der Waals surface area (Å²) in [5.74, 6) is 1.91. The second kappa shape index (κ2) is 3.79. The van der Waals surface area contributed by atoms with Crippen LogP contribution in [-0.4, -0.2) is 20.1 Å². The number of nitrogens with zero attached hydrogens (tertiary/aromatic N) is 3. The van der Waals surface area contributed by atoms with E-state index in [4.69, 9.17) is 0 Å². The highest BCUT2D eigenvalue weighted by Crippen LogP contribution is 2.17. The molecule has 1 unspecified atom stereocenters. The van der Waals surface area contributed by atoms with Crippen molar-refractivity contribution in [3.05, 3.63) is 17.5 Å². The minimum Gasteiger partial charge on any atom is -0.385 e. The number of aliphatic hydroxyl groups is 1. The molecule has 0 amide bonds. The molecule has 72 valence electrons. The highest BCUT2D eigenvalue weighted by molar-refractivity contribution is 4.98. The van der Waals surface area contributed by atoms with Gasteiger partial charge in [-0.3, -0.25) is 0 Å².